The maximum Gasteiger partial charge on any atom is 0.322 e. The van der Waals surface area contributed by atoms with Crippen molar-refractivity contribution < 1.29 is 14.3 Å². The fourth-order valence-corrected chi connectivity index (χ4v) is 4.64. The number of carbonyl (C=O) groups is 2. The molecular formula is C22H32Cl2N4O3. The van der Waals surface area contributed by atoms with Crippen LogP contribution >= 0.6 is 23.2 Å². The van der Waals surface area contributed by atoms with Crippen LogP contribution in [0.2, 0.25) is 10.0 Å². The Bertz CT molecular complexity index is 773. The number of likely N-dealkylation sites (tertiary alicyclic amines) is 1. The van der Waals surface area contributed by atoms with E-state index in [0.29, 0.717) is 35.4 Å². The Morgan fingerprint density at radius 3 is 2.58 bits per heavy atom. The summed E-state index contributed by atoms with van der Waals surface area (Å²) in [6.45, 7) is 6.46. The summed E-state index contributed by atoms with van der Waals surface area (Å²) >= 11 is 12.0. The van der Waals surface area contributed by atoms with Gasteiger partial charge in [-0.1, -0.05) is 29.6 Å². The van der Waals surface area contributed by atoms with Crippen molar-refractivity contribution in [3.63, 3.8) is 0 Å². The van der Waals surface area contributed by atoms with Crippen LogP contribution in [0.1, 0.15) is 32.6 Å². The number of benzene rings is 1. The number of anilines is 1. The zero-order chi connectivity index (χ0) is 22.4. The molecule has 3 amide bonds. The van der Waals surface area contributed by atoms with E-state index in [1.807, 2.05) is 4.90 Å². The van der Waals surface area contributed by atoms with E-state index in [9.17, 15) is 9.59 Å². The van der Waals surface area contributed by atoms with Crippen molar-refractivity contribution in [1.82, 2.24) is 14.7 Å². The smallest absolute Gasteiger partial charge is 0.322 e. The first-order valence-corrected chi connectivity index (χ1v) is 11.7. The Morgan fingerprint density at radius 2 is 1.90 bits per heavy atom. The quantitative estimate of drug-likeness (QED) is 0.654. The number of nitrogens with zero attached hydrogens (tertiary/aromatic N) is 3. The average Bonchev–Trinajstić information content (AvgIpc) is 2.76. The molecule has 7 nitrogen and oxygen atoms in total. The van der Waals surface area contributed by atoms with E-state index in [2.05, 4.69) is 10.2 Å². The second-order valence-electron chi connectivity index (χ2n) is 8.26. The summed E-state index contributed by atoms with van der Waals surface area (Å²) in [5, 5.41) is 3.60. The summed E-state index contributed by atoms with van der Waals surface area (Å²) < 4.78 is 5.43. The highest BCUT2D eigenvalue weighted by Crippen LogP contribution is 2.26. The molecule has 0 unspecified atom stereocenters. The number of rotatable bonds is 7. The van der Waals surface area contributed by atoms with Gasteiger partial charge in [-0.15, -0.1) is 0 Å². The van der Waals surface area contributed by atoms with E-state index >= 15 is 0 Å². The number of piperazine rings is 1. The van der Waals surface area contributed by atoms with Crippen LogP contribution in [0.3, 0.4) is 0 Å². The van der Waals surface area contributed by atoms with Gasteiger partial charge < -0.3 is 24.8 Å². The van der Waals surface area contributed by atoms with Crippen molar-refractivity contribution in [2.45, 2.75) is 44.7 Å². The standard InChI is InChI=1S/C22H32Cl2N4O3/c1-16-21(29)28(18(15-31-2)8-11-26-9-4-3-5-10-26)13-12-27(16)22(30)25-17-6-7-19(23)20(24)14-17/h6-7,14,16,18H,3-5,8-13,15H2,1-2H3,(H,25,30)/t16-,18-/m0/s1. The summed E-state index contributed by atoms with van der Waals surface area (Å²) in [5.74, 6) is -0.0452. The van der Waals surface area contributed by atoms with Crippen molar-refractivity contribution in [2.24, 2.45) is 0 Å². The van der Waals surface area contributed by atoms with Gasteiger partial charge in [-0.25, -0.2) is 4.79 Å². The number of carbonyl (C=O) groups excluding carboxylic acids is 2. The molecule has 1 aromatic rings. The zero-order valence-corrected chi connectivity index (χ0v) is 19.8. The van der Waals surface area contributed by atoms with Gasteiger partial charge in [0.05, 0.1) is 22.7 Å². The number of urea groups is 1. The molecule has 172 valence electrons. The first-order valence-electron chi connectivity index (χ1n) is 10.9. The molecule has 2 atom stereocenters. The van der Waals surface area contributed by atoms with Crippen LogP contribution in [0, 0.1) is 0 Å². The lowest BCUT2D eigenvalue weighted by Gasteiger charge is -2.43. The maximum atomic E-state index is 13.2. The van der Waals surface area contributed by atoms with Gasteiger partial charge in [0.25, 0.3) is 0 Å². The van der Waals surface area contributed by atoms with Gasteiger partial charge >= 0.3 is 6.03 Å². The Balaban J connectivity index is 1.59. The van der Waals surface area contributed by atoms with E-state index in [1.54, 1.807) is 37.1 Å². The monoisotopic (exact) mass is 470 g/mol. The van der Waals surface area contributed by atoms with E-state index in [0.717, 1.165) is 26.1 Å². The number of nitrogens with one attached hydrogen (secondary N) is 1. The van der Waals surface area contributed by atoms with Gasteiger partial charge in [0, 0.05) is 32.4 Å². The molecule has 2 heterocycles. The Labute approximate surface area is 194 Å². The summed E-state index contributed by atoms with van der Waals surface area (Å²) in [7, 11) is 1.67. The normalized spacial score (nSPS) is 21.3. The minimum Gasteiger partial charge on any atom is -0.383 e. The molecule has 0 spiro atoms. The van der Waals surface area contributed by atoms with Crippen LogP contribution in [-0.2, 0) is 9.53 Å². The van der Waals surface area contributed by atoms with Crippen LogP contribution < -0.4 is 5.32 Å². The lowest BCUT2D eigenvalue weighted by molar-refractivity contribution is -0.143. The molecule has 31 heavy (non-hydrogen) atoms. The van der Waals surface area contributed by atoms with Gasteiger partial charge in [0.15, 0.2) is 0 Å². The summed E-state index contributed by atoms with van der Waals surface area (Å²) in [4.78, 5) is 31.9. The molecule has 9 heteroatoms. The molecule has 0 radical (unpaired) electrons. The molecule has 0 saturated carbocycles. The van der Waals surface area contributed by atoms with Gasteiger partial charge in [-0.05, 0) is 57.5 Å². The highest BCUT2D eigenvalue weighted by atomic mass is 35.5. The first kappa shape index (κ1) is 24.1. The minimum atomic E-state index is -0.550. The third-order valence-electron chi connectivity index (χ3n) is 6.15. The number of methoxy groups -OCH3 is 1. The number of hydrogen-bond donors (Lipinski definition) is 1. The van der Waals surface area contributed by atoms with E-state index in [1.165, 1.54) is 19.3 Å². The van der Waals surface area contributed by atoms with Crippen LogP contribution in [0.25, 0.3) is 0 Å². The predicted octanol–water partition coefficient (Wildman–Crippen LogP) is 3.95. The van der Waals surface area contributed by atoms with Crippen LogP contribution in [0.15, 0.2) is 18.2 Å². The van der Waals surface area contributed by atoms with Crippen LogP contribution in [-0.4, -0.2) is 85.2 Å². The second kappa shape index (κ2) is 11.4. The molecule has 2 fully saturated rings. The van der Waals surface area contributed by atoms with Crippen LogP contribution in [0.4, 0.5) is 10.5 Å². The number of ether oxygens (including phenoxy) is 1. The number of hydrogen-bond acceptors (Lipinski definition) is 4. The van der Waals surface area contributed by atoms with Gasteiger partial charge in [-0.3, -0.25) is 4.79 Å². The fourth-order valence-electron chi connectivity index (χ4n) is 4.34. The second-order valence-corrected chi connectivity index (χ2v) is 9.07. The summed E-state index contributed by atoms with van der Waals surface area (Å²) in [6, 6.07) is 4.05. The third kappa shape index (κ3) is 6.25. The van der Waals surface area contributed by atoms with Crippen molar-refractivity contribution in [3.05, 3.63) is 28.2 Å². The summed E-state index contributed by atoms with van der Waals surface area (Å²) in [5.41, 5.74) is 0.542. The first-order chi connectivity index (χ1) is 14.9. The predicted molar refractivity (Wildman–Crippen MR) is 124 cm³/mol. The zero-order valence-electron chi connectivity index (χ0n) is 18.3. The Kier molecular flexibility index (Phi) is 8.84. The maximum absolute atomic E-state index is 13.2. The SMILES string of the molecule is COC[C@H](CCN1CCCCC1)N1CCN(C(=O)Nc2ccc(Cl)c(Cl)c2)[C@@H](C)C1=O. The number of piperidine rings is 1. The van der Waals surface area contributed by atoms with E-state index in [-0.39, 0.29) is 18.0 Å². The molecule has 0 aliphatic carbocycles. The summed E-state index contributed by atoms with van der Waals surface area (Å²) in [6.07, 6.45) is 4.68. The Hall–Kier alpha value is -1.54. The average molecular weight is 471 g/mol. The molecular weight excluding hydrogens is 439 g/mol. The third-order valence-corrected chi connectivity index (χ3v) is 6.89. The molecule has 2 aliphatic rings. The molecule has 1 aromatic carbocycles. The van der Waals surface area contributed by atoms with Crippen molar-refractivity contribution in [1.29, 1.82) is 0 Å². The molecule has 1 N–H and O–H groups in total. The molecule has 2 aliphatic heterocycles. The molecule has 2 saturated heterocycles. The van der Waals surface area contributed by atoms with E-state index < -0.39 is 6.04 Å². The lowest BCUT2D eigenvalue weighted by Crippen LogP contribution is -2.61. The van der Waals surface area contributed by atoms with Crippen molar-refractivity contribution >= 4 is 40.8 Å². The number of halogens is 2. The van der Waals surface area contributed by atoms with Gasteiger partial charge in [0.2, 0.25) is 5.91 Å². The van der Waals surface area contributed by atoms with Gasteiger partial charge in [-0.2, -0.15) is 0 Å². The Morgan fingerprint density at radius 1 is 1.16 bits per heavy atom. The van der Waals surface area contributed by atoms with Gasteiger partial charge in [0.1, 0.15) is 6.04 Å². The van der Waals surface area contributed by atoms with Crippen molar-refractivity contribution in [3.8, 4) is 0 Å². The van der Waals surface area contributed by atoms with Crippen molar-refractivity contribution in [2.75, 3.05) is 51.8 Å². The molecule has 0 aromatic heterocycles. The van der Waals surface area contributed by atoms with Crippen LogP contribution in [0.5, 0.6) is 0 Å². The number of amides is 3. The fraction of sp³-hybridized carbons (Fsp3) is 0.636. The van der Waals surface area contributed by atoms with E-state index in [4.69, 9.17) is 27.9 Å². The topological polar surface area (TPSA) is 65.1 Å². The minimum absolute atomic E-state index is 0.0159. The lowest BCUT2D eigenvalue weighted by atomic mass is 10.1. The highest BCUT2D eigenvalue weighted by molar-refractivity contribution is 6.42. The molecule has 3 rings (SSSR count). The molecule has 0 bridgehead atoms. The largest absolute Gasteiger partial charge is 0.383 e. The highest BCUT2D eigenvalue weighted by Gasteiger charge is 2.37.